The monoisotopic (exact) mass is 286 g/mol. The van der Waals surface area contributed by atoms with Crippen molar-refractivity contribution in [3.05, 3.63) is 64.4 Å². The number of aromatic nitrogens is 1. The number of likely N-dealkylation sites (tertiary alicyclic amines) is 1. The Morgan fingerprint density at radius 2 is 2.10 bits per heavy atom. The minimum Gasteiger partial charge on any atom is -0.292 e. The van der Waals surface area contributed by atoms with Crippen LogP contribution in [0.2, 0.25) is 5.15 Å². The highest BCUT2D eigenvalue weighted by Crippen LogP contribution is 2.36. The molecule has 2 nitrogen and oxygen atoms in total. The van der Waals surface area contributed by atoms with Crippen molar-refractivity contribution in [2.45, 2.75) is 32.4 Å². The van der Waals surface area contributed by atoms with E-state index < -0.39 is 0 Å². The van der Waals surface area contributed by atoms with Gasteiger partial charge in [-0.2, -0.15) is 0 Å². The lowest BCUT2D eigenvalue weighted by Gasteiger charge is -2.25. The van der Waals surface area contributed by atoms with Crippen LogP contribution in [0.15, 0.2) is 42.6 Å². The van der Waals surface area contributed by atoms with Crippen molar-refractivity contribution in [3.63, 3.8) is 0 Å². The molecule has 0 unspecified atom stereocenters. The third kappa shape index (κ3) is 2.87. The van der Waals surface area contributed by atoms with Crippen LogP contribution < -0.4 is 0 Å². The molecule has 1 aromatic heterocycles. The molecule has 3 rings (SSSR count). The number of pyridine rings is 1. The molecule has 0 saturated carbocycles. The number of hydrogen-bond acceptors (Lipinski definition) is 2. The van der Waals surface area contributed by atoms with Gasteiger partial charge in [0.2, 0.25) is 0 Å². The molecule has 1 aliphatic heterocycles. The van der Waals surface area contributed by atoms with Gasteiger partial charge in [-0.3, -0.25) is 4.90 Å². The van der Waals surface area contributed by atoms with Crippen LogP contribution >= 0.6 is 11.6 Å². The van der Waals surface area contributed by atoms with E-state index in [1.54, 1.807) is 0 Å². The maximum absolute atomic E-state index is 6.31. The average Bonchev–Trinajstić information content (AvgIpc) is 2.91. The fraction of sp³-hybridized carbons (Fsp3) is 0.353. The van der Waals surface area contributed by atoms with Crippen molar-refractivity contribution in [2.24, 2.45) is 0 Å². The van der Waals surface area contributed by atoms with Crippen LogP contribution in [0.1, 0.15) is 35.6 Å². The van der Waals surface area contributed by atoms with Crippen molar-refractivity contribution in [2.75, 3.05) is 6.54 Å². The zero-order valence-corrected chi connectivity index (χ0v) is 12.5. The summed E-state index contributed by atoms with van der Waals surface area (Å²) in [6, 6.07) is 13.2. The van der Waals surface area contributed by atoms with E-state index in [9.17, 15) is 0 Å². The van der Waals surface area contributed by atoms with Gasteiger partial charge in [-0.15, -0.1) is 0 Å². The Balaban J connectivity index is 1.83. The summed E-state index contributed by atoms with van der Waals surface area (Å²) in [5.41, 5.74) is 3.71. The van der Waals surface area contributed by atoms with E-state index in [1.807, 2.05) is 6.20 Å². The highest BCUT2D eigenvalue weighted by molar-refractivity contribution is 6.30. The molecule has 2 heterocycles. The smallest absolute Gasteiger partial charge is 0.133 e. The first-order chi connectivity index (χ1) is 9.74. The molecule has 0 spiro atoms. The summed E-state index contributed by atoms with van der Waals surface area (Å²) < 4.78 is 0. The molecule has 2 aromatic rings. The third-order valence-electron chi connectivity index (χ3n) is 3.95. The first-order valence-corrected chi connectivity index (χ1v) is 7.52. The summed E-state index contributed by atoms with van der Waals surface area (Å²) in [4.78, 5) is 6.82. The topological polar surface area (TPSA) is 16.1 Å². The summed E-state index contributed by atoms with van der Waals surface area (Å²) in [5, 5.41) is 0.653. The number of benzene rings is 1. The SMILES string of the molecule is Cc1cnc(Cl)c([C@@H]2CCCN2Cc2ccccc2)c1. The van der Waals surface area contributed by atoms with Crippen LogP contribution in [-0.4, -0.2) is 16.4 Å². The maximum atomic E-state index is 6.31. The molecule has 0 N–H and O–H groups in total. The molecule has 3 heteroatoms. The molecule has 0 bridgehead atoms. The Morgan fingerprint density at radius 3 is 2.90 bits per heavy atom. The minimum absolute atomic E-state index is 0.398. The van der Waals surface area contributed by atoms with Crippen molar-refractivity contribution >= 4 is 11.6 Å². The van der Waals surface area contributed by atoms with Crippen LogP contribution in [0.25, 0.3) is 0 Å². The normalized spacial score (nSPS) is 19.4. The van der Waals surface area contributed by atoms with Crippen LogP contribution in [0.3, 0.4) is 0 Å². The van der Waals surface area contributed by atoms with Gasteiger partial charge in [0.1, 0.15) is 5.15 Å². The second-order valence-electron chi connectivity index (χ2n) is 5.51. The molecule has 0 radical (unpaired) electrons. The predicted octanol–water partition coefficient (Wildman–Crippen LogP) is 4.38. The summed E-state index contributed by atoms with van der Waals surface area (Å²) >= 11 is 6.31. The van der Waals surface area contributed by atoms with Crippen molar-refractivity contribution in [1.82, 2.24) is 9.88 Å². The molecule has 1 fully saturated rings. The third-order valence-corrected chi connectivity index (χ3v) is 4.27. The Bertz CT molecular complexity index is 583. The molecule has 1 saturated heterocycles. The molecule has 1 aliphatic rings. The van der Waals surface area contributed by atoms with E-state index in [2.05, 4.69) is 53.2 Å². The lowest BCUT2D eigenvalue weighted by atomic mass is 10.0. The van der Waals surface area contributed by atoms with Crippen LogP contribution in [-0.2, 0) is 6.54 Å². The number of nitrogens with zero attached hydrogens (tertiary/aromatic N) is 2. The molecule has 20 heavy (non-hydrogen) atoms. The second-order valence-corrected chi connectivity index (χ2v) is 5.86. The largest absolute Gasteiger partial charge is 0.292 e. The van der Waals surface area contributed by atoms with Crippen molar-refractivity contribution in [3.8, 4) is 0 Å². The first kappa shape index (κ1) is 13.6. The Kier molecular flexibility index (Phi) is 4.04. The Morgan fingerprint density at radius 1 is 1.30 bits per heavy atom. The van der Waals surface area contributed by atoms with Gasteiger partial charge in [-0.05, 0) is 43.5 Å². The summed E-state index contributed by atoms with van der Waals surface area (Å²) in [5.74, 6) is 0. The van der Waals surface area contributed by atoms with E-state index >= 15 is 0 Å². The lowest BCUT2D eigenvalue weighted by Crippen LogP contribution is -2.23. The highest BCUT2D eigenvalue weighted by Gasteiger charge is 2.28. The number of hydrogen-bond donors (Lipinski definition) is 0. The van der Waals surface area contributed by atoms with E-state index in [4.69, 9.17) is 11.6 Å². The van der Waals surface area contributed by atoms with E-state index in [-0.39, 0.29) is 0 Å². The molecular weight excluding hydrogens is 268 g/mol. The van der Waals surface area contributed by atoms with E-state index in [0.29, 0.717) is 11.2 Å². The first-order valence-electron chi connectivity index (χ1n) is 7.14. The van der Waals surface area contributed by atoms with Gasteiger partial charge in [0.05, 0.1) is 0 Å². The number of rotatable bonds is 3. The Labute approximate surface area is 125 Å². The van der Waals surface area contributed by atoms with Gasteiger partial charge in [0, 0.05) is 24.3 Å². The highest BCUT2D eigenvalue weighted by atomic mass is 35.5. The fourth-order valence-corrected chi connectivity index (χ4v) is 3.22. The summed E-state index contributed by atoms with van der Waals surface area (Å²) in [6.07, 6.45) is 4.22. The zero-order chi connectivity index (χ0) is 13.9. The fourth-order valence-electron chi connectivity index (χ4n) is 2.99. The Hall–Kier alpha value is -1.38. The zero-order valence-electron chi connectivity index (χ0n) is 11.7. The molecular formula is C17H19ClN2. The standard InChI is InChI=1S/C17H19ClN2/c1-13-10-15(17(18)19-11-13)16-8-5-9-20(16)12-14-6-3-2-4-7-14/h2-4,6-7,10-11,16H,5,8-9,12H2,1H3/t16-/m0/s1. The van der Waals surface area contributed by atoms with Gasteiger partial charge in [0.15, 0.2) is 0 Å². The molecule has 104 valence electrons. The number of aryl methyl sites for hydroxylation is 1. The van der Waals surface area contributed by atoms with Gasteiger partial charge in [0.25, 0.3) is 0 Å². The van der Waals surface area contributed by atoms with Gasteiger partial charge in [-0.1, -0.05) is 41.9 Å². The van der Waals surface area contributed by atoms with Gasteiger partial charge in [-0.25, -0.2) is 4.98 Å². The molecule has 1 aromatic carbocycles. The second kappa shape index (κ2) is 5.94. The van der Waals surface area contributed by atoms with E-state index in [0.717, 1.165) is 19.5 Å². The molecule has 0 amide bonds. The lowest BCUT2D eigenvalue weighted by molar-refractivity contribution is 0.248. The van der Waals surface area contributed by atoms with Crippen molar-refractivity contribution < 1.29 is 0 Å². The molecule has 1 atom stereocenters. The van der Waals surface area contributed by atoms with E-state index in [1.165, 1.54) is 23.1 Å². The maximum Gasteiger partial charge on any atom is 0.133 e. The summed E-state index contributed by atoms with van der Waals surface area (Å²) in [7, 11) is 0. The number of halogens is 1. The van der Waals surface area contributed by atoms with Gasteiger partial charge < -0.3 is 0 Å². The minimum atomic E-state index is 0.398. The van der Waals surface area contributed by atoms with Crippen LogP contribution in [0.5, 0.6) is 0 Å². The van der Waals surface area contributed by atoms with Crippen LogP contribution in [0, 0.1) is 6.92 Å². The van der Waals surface area contributed by atoms with Crippen molar-refractivity contribution in [1.29, 1.82) is 0 Å². The quantitative estimate of drug-likeness (QED) is 0.779. The average molecular weight is 287 g/mol. The molecule has 0 aliphatic carbocycles. The van der Waals surface area contributed by atoms with Crippen LogP contribution in [0.4, 0.5) is 0 Å². The predicted molar refractivity (Wildman–Crippen MR) is 82.8 cm³/mol. The summed E-state index contributed by atoms with van der Waals surface area (Å²) in [6.45, 7) is 4.18. The van der Waals surface area contributed by atoms with Gasteiger partial charge >= 0.3 is 0 Å².